The number of anilines is 1. The van der Waals surface area contributed by atoms with Crippen LogP contribution in [0.15, 0.2) is 60.7 Å². The van der Waals surface area contributed by atoms with E-state index in [1.165, 1.54) is 11.1 Å². The molecule has 0 saturated carbocycles. The minimum atomic E-state index is 0. The fourth-order valence-corrected chi connectivity index (χ4v) is 6.50. The molecule has 0 amide bonds. The van der Waals surface area contributed by atoms with E-state index in [-0.39, 0.29) is 30.0 Å². The van der Waals surface area contributed by atoms with Gasteiger partial charge in [0.2, 0.25) is 0 Å². The first-order chi connectivity index (χ1) is 30.0. The van der Waals surface area contributed by atoms with E-state index in [0.29, 0.717) is 6.54 Å². The molecular formula is C46H59N13O2. The second kappa shape index (κ2) is 25.3. The van der Waals surface area contributed by atoms with E-state index < -0.39 is 0 Å². The van der Waals surface area contributed by atoms with Gasteiger partial charge in [-0.2, -0.15) is 5.53 Å². The van der Waals surface area contributed by atoms with E-state index in [4.69, 9.17) is 48.7 Å². The number of nitrogens with two attached hydrogens (primary N) is 1. The van der Waals surface area contributed by atoms with E-state index in [9.17, 15) is 0 Å². The number of amidine groups is 1. The molecule has 2 fully saturated rings. The molecule has 4 aliphatic rings. The van der Waals surface area contributed by atoms with E-state index >= 15 is 0 Å². The predicted octanol–water partition coefficient (Wildman–Crippen LogP) is 7.13. The summed E-state index contributed by atoms with van der Waals surface area (Å²) in [4.78, 5) is 28.6. The van der Waals surface area contributed by atoms with Crippen molar-refractivity contribution in [3.05, 3.63) is 57.4 Å². The molecule has 1 spiro atoms. The summed E-state index contributed by atoms with van der Waals surface area (Å²) in [5.74, 6) is 50.2. The van der Waals surface area contributed by atoms with Crippen molar-refractivity contribution >= 4 is 11.7 Å². The maximum atomic E-state index is 9.08. The van der Waals surface area contributed by atoms with Crippen molar-refractivity contribution in [2.24, 2.45) is 47.5 Å². The summed E-state index contributed by atoms with van der Waals surface area (Å²) >= 11 is 0. The van der Waals surface area contributed by atoms with Gasteiger partial charge in [-0.25, -0.2) is 9.97 Å². The molecule has 0 unspecified atom stereocenters. The van der Waals surface area contributed by atoms with Gasteiger partial charge in [0.15, 0.2) is 5.84 Å². The van der Waals surface area contributed by atoms with Crippen LogP contribution in [0.3, 0.4) is 0 Å². The van der Waals surface area contributed by atoms with Crippen molar-refractivity contribution < 1.29 is 23.3 Å². The fourth-order valence-electron chi connectivity index (χ4n) is 6.50. The Kier molecular flexibility index (Phi) is 18.6. The smallest absolute Gasteiger partial charge is 0.152 e. The molecule has 1 atom stereocenters. The van der Waals surface area contributed by atoms with Gasteiger partial charge in [0.05, 0.1) is 31.1 Å². The molecule has 15 nitrogen and oxygen atoms in total. The number of fused-ring (bicyclic) bond motifs is 2. The summed E-state index contributed by atoms with van der Waals surface area (Å²) < 4.78 is 5.49. The molecule has 2 aromatic rings. The highest BCUT2D eigenvalue weighted by Crippen LogP contribution is 2.51. The van der Waals surface area contributed by atoms with Gasteiger partial charge in [0.25, 0.3) is 0 Å². The Morgan fingerprint density at radius 1 is 0.754 bits per heavy atom. The number of terminal acetylenes is 2. The van der Waals surface area contributed by atoms with Crippen molar-refractivity contribution in [2.75, 3.05) is 44.3 Å². The number of hydrogen-bond acceptors (Lipinski definition) is 9. The third-order valence-corrected chi connectivity index (χ3v) is 9.08. The predicted molar refractivity (Wildman–Crippen MR) is 256 cm³/mol. The van der Waals surface area contributed by atoms with Crippen LogP contribution in [0, 0.1) is 154 Å². The molecule has 61 heavy (non-hydrogen) atoms. The number of ether oxygens (including phenoxy) is 1. The molecule has 1 aliphatic carbocycles. The monoisotopic (exact) mass is 825 g/mol. The number of piperidine rings is 1. The topological polar surface area (TPSA) is 195 Å². The van der Waals surface area contributed by atoms with E-state index in [1.807, 2.05) is 5.29 Å². The number of nitrogens with zero attached hydrogens (tertiary/aromatic N) is 11. The first kappa shape index (κ1) is 44.8. The number of benzene rings is 1. The van der Waals surface area contributed by atoms with Crippen LogP contribution >= 0.6 is 0 Å². The van der Waals surface area contributed by atoms with Crippen molar-refractivity contribution in [2.45, 2.75) is 38.8 Å². The van der Waals surface area contributed by atoms with Crippen LogP contribution in [0.4, 0.5) is 5.82 Å². The molecule has 320 valence electrons. The first-order valence-electron chi connectivity index (χ1n) is 18.2. The molecule has 3 aliphatic heterocycles. The van der Waals surface area contributed by atoms with E-state index in [0.717, 1.165) is 87.4 Å². The Balaban J connectivity index is -0.000000108. The summed E-state index contributed by atoms with van der Waals surface area (Å²) in [5, 5.41) is 14.9. The highest BCUT2D eigenvalue weighted by molar-refractivity contribution is 6.00. The summed E-state index contributed by atoms with van der Waals surface area (Å²) in [6, 6.07) is 8.85. The standard InChI is InChI=1S/C24H30N6O.C22H2.HN7O.13H2/c1-16-22(28-19-15-26-23(20(19)27-16)30-10-12-31-13-11-30)29-8-6-24(7-9-29)14-17-4-2-3-5-18(17)21(24)25;1-3-5-7-9-11-13-15-17-19-21-22-20-18-16-14-12-10-8-6-4-2;1-2-3-4-5-6-7-8;;;;;;;;;;;;;/h2-5,21H,6-15,25H2,1H3;1-2H;1H;13*1H/b;;2-1?,4-3+,6-5+;;;;;;;;;;;;;/t21-;;;;;;;;;;;;;;;/m1.............../s1. The maximum absolute atomic E-state index is 9.08. The van der Waals surface area contributed by atoms with Gasteiger partial charge in [-0.05, 0) is 153 Å². The molecule has 0 bridgehead atoms. The SMILES string of the molecule is C#CC#CC#CC#CC#CC#CC#CC#CC#CC#CC#C.Cc1nc2c(nc1N1CCC3(CC1)Cc1ccccc1[C@H]3N)CN=C2N1CCOCC1.N=N/N=N/N=N/N=O.[HH].[HH].[HH].[HH].[HH].[HH].[HH].[HH].[HH].[HH].[HH].[HH].[HH]. The lowest BCUT2D eigenvalue weighted by atomic mass is 9.73. The minimum absolute atomic E-state index is 0. The largest absolute Gasteiger partial charge is 0.378 e. The lowest BCUT2D eigenvalue weighted by Gasteiger charge is -2.43. The van der Waals surface area contributed by atoms with Crippen molar-refractivity contribution in [1.82, 2.24) is 14.9 Å². The fraction of sp³-hybridized carbons (Fsp3) is 0.283. The Morgan fingerprint density at radius 3 is 1.79 bits per heavy atom. The number of hydrogen-bond donors (Lipinski definition) is 2. The average Bonchev–Trinajstić information content (AvgIpc) is 3.82. The van der Waals surface area contributed by atoms with Crippen molar-refractivity contribution in [3.8, 4) is 131 Å². The number of aromatic nitrogens is 2. The van der Waals surface area contributed by atoms with Crippen LogP contribution in [0.5, 0.6) is 0 Å². The molecule has 4 heterocycles. The maximum Gasteiger partial charge on any atom is 0.152 e. The second-order valence-electron chi connectivity index (χ2n) is 12.4. The van der Waals surface area contributed by atoms with Gasteiger partial charge >= 0.3 is 0 Å². The Hall–Kier alpha value is -8.95. The molecule has 2 saturated heterocycles. The van der Waals surface area contributed by atoms with Gasteiger partial charge in [0, 0.05) is 84.9 Å². The number of nitrogens with one attached hydrogen (secondary N) is 1. The van der Waals surface area contributed by atoms with Crippen LogP contribution in [-0.4, -0.2) is 60.1 Å². The average molecular weight is 826 g/mol. The van der Waals surface area contributed by atoms with E-state index in [1.54, 1.807) is 0 Å². The first-order valence-corrected chi connectivity index (χ1v) is 18.2. The lowest BCUT2D eigenvalue weighted by molar-refractivity contribution is 0.0682. The Bertz CT molecular complexity index is 2710. The highest BCUT2D eigenvalue weighted by atomic mass is 16.5. The zero-order valence-corrected chi connectivity index (χ0v) is 32.9. The minimum Gasteiger partial charge on any atom is -0.378 e. The normalized spacial score (nSPS) is 15.1. The van der Waals surface area contributed by atoms with Crippen molar-refractivity contribution in [3.63, 3.8) is 0 Å². The molecule has 0 radical (unpaired) electrons. The summed E-state index contributed by atoms with van der Waals surface area (Å²) in [5.41, 5.74) is 18.7. The number of morpholine rings is 1. The summed E-state index contributed by atoms with van der Waals surface area (Å²) in [6.45, 7) is 7.91. The van der Waals surface area contributed by atoms with Crippen LogP contribution in [-0.2, 0) is 17.7 Å². The molecule has 3 N–H and O–H groups in total. The Morgan fingerprint density at radius 2 is 1.28 bits per heavy atom. The van der Waals surface area contributed by atoms with Gasteiger partial charge < -0.3 is 20.3 Å². The van der Waals surface area contributed by atoms with Gasteiger partial charge in [-0.1, -0.05) is 24.3 Å². The van der Waals surface area contributed by atoms with Gasteiger partial charge in [-0.3, -0.25) is 4.99 Å². The van der Waals surface area contributed by atoms with Gasteiger partial charge in [-0.15, -0.1) is 17.8 Å². The molecule has 1 aromatic carbocycles. The third-order valence-electron chi connectivity index (χ3n) is 9.08. The van der Waals surface area contributed by atoms with Gasteiger partial charge in [0.1, 0.15) is 16.8 Å². The summed E-state index contributed by atoms with van der Waals surface area (Å²) in [7, 11) is 0. The Labute approximate surface area is 374 Å². The number of aliphatic imine (C=N–C) groups is 1. The number of aryl methyl sites for hydroxylation is 1. The lowest BCUT2D eigenvalue weighted by Crippen LogP contribution is -2.45. The quantitative estimate of drug-likeness (QED) is 0.142. The molecule has 6 rings (SSSR count). The molecular weight excluding hydrogens is 767 g/mol. The number of rotatable bonds is 4. The summed E-state index contributed by atoms with van der Waals surface area (Å²) in [6.07, 6.45) is 13.1. The number of nitroso groups, excluding NO2 is 1. The van der Waals surface area contributed by atoms with Crippen LogP contribution in [0.1, 0.15) is 65.6 Å². The van der Waals surface area contributed by atoms with Crippen LogP contribution < -0.4 is 10.6 Å². The second-order valence-corrected chi connectivity index (χ2v) is 12.4. The molecule has 15 heteroatoms. The van der Waals surface area contributed by atoms with E-state index in [2.05, 4.69) is 186 Å². The zero-order valence-electron chi connectivity index (χ0n) is 32.9. The molecule has 1 aromatic heterocycles. The van der Waals surface area contributed by atoms with Crippen LogP contribution in [0.25, 0.3) is 0 Å². The van der Waals surface area contributed by atoms with Crippen LogP contribution in [0.2, 0.25) is 0 Å². The zero-order chi connectivity index (χ0) is 43.4. The van der Waals surface area contributed by atoms with Crippen molar-refractivity contribution in [1.29, 1.82) is 5.53 Å². The highest BCUT2D eigenvalue weighted by Gasteiger charge is 2.46. The third kappa shape index (κ3) is 13.9.